The fraction of sp³-hybridized carbons (Fsp3) is 0.100. The molecule has 0 saturated heterocycles. The molecule has 2 N–H and O–H groups in total. The second-order valence-corrected chi connectivity index (χ2v) is 6.32. The fourth-order valence-electron chi connectivity index (χ4n) is 4.36. The van der Waals surface area contributed by atoms with Crippen LogP contribution in [0.2, 0.25) is 0 Å². The van der Waals surface area contributed by atoms with Crippen molar-refractivity contribution in [2.45, 2.75) is 11.8 Å². The molecule has 0 amide bonds. The van der Waals surface area contributed by atoms with E-state index in [0.29, 0.717) is 22.3 Å². The minimum absolute atomic E-state index is 0.0358. The molecule has 2 atom stereocenters. The van der Waals surface area contributed by atoms with Gasteiger partial charge in [0.2, 0.25) is 0 Å². The van der Waals surface area contributed by atoms with Crippen LogP contribution in [0.1, 0.15) is 34.1 Å². The number of rotatable bonds is 0. The maximum atomic E-state index is 12.5. The van der Waals surface area contributed by atoms with E-state index in [4.69, 9.17) is 0 Å². The second kappa shape index (κ2) is 4.23. The van der Waals surface area contributed by atoms with Gasteiger partial charge in [0.15, 0.2) is 11.6 Å². The standard InChI is InChI=1S/C20H12O4/c21-11-5-7-13(23)19-16-10-4-2-1-3-9(10)15(17(11)19)18-12(22)6-8-14(24)20(16)18/h1-8,15-16,21,23H. The molecule has 2 bridgehead atoms. The first kappa shape index (κ1) is 13.3. The molecule has 4 aliphatic carbocycles. The Hall–Kier alpha value is -3.14. The first-order valence-electron chi connectivity index (χ1n) is 7.74. The lowest BCUT2D eigenvalue weighted by Crippen LogP contribution is -2.35. The molecule has 6 rings (SSSR count). The van der Waals surface area contributed by atoms with Crippen molar-refractivity contribution in [3.8, 4) is 11.5 Å². The van der Waals surface area contributed by atoms with E-state index < -0.39 is 11.8 Å². The summed E-state index contributed by atoms with van der Waals surface area (Å²) in [6, 6.07) is 10.5. The minimum atomic E-state index is -0.523. The number of hydrogen-bond acceptors (Lipinski definition) is 4. The first-order chi connectivity index (χ1) is 11.6. The molecule has 0 radical (unpaired) electrons. The summed E-state index contributed by atoms with van der Waals surface area (Å²) in [6.07, 6.45) is 2.59. The van der Waals surface area contributed by atoms with Gasteiger partial charge in [0.05, 0.1) is 0 Å². The molecule has 2 unspecified atom stereocenters. The van der Waals surface area contributed by atoms with Crippen LogP contribution in [0.3, 0.4) is 0 Å². The van der Waals surface area contributed by atoms with Gasteiger partial charge >= 0.3 is 0 Å². The number of hydrogen-bond donors (Lipinski definition) is 2. The number of aromatic hydroxyl groups is 2. The Kier molecular flexibility index (Phi) is 2.35. The number of phenols is 2. The van der Waals surface area contributed by atoms with Crippen molar-refractivity contribution in [3.63, 3.8) is 0 Å². The highest BCUT2D eigenvalue weighted by atomic mass is 16.3. The predicted molar refractivity (Wildman–Crippen MR) is 86.1 cm³/mol. The highest BCUT2D eigenvalue weighted by Crippen LogP contribution is 2.60. The van der Waals surface area contributed by atoms with Crippen LogP contribution in [0.25, 0.3) is 0 Å². The van der Waals surface area contributed by atoms with Gasteiger partial charge in [-0.2, -0.15) is 0 Å². The van der Waals surface area contributed by atoms with Gasteiger partial charge in [-0.05, 0) is 35.4 Å². The largest absolute Gasteiger partial charge is 0.508 e. The molecule has 0 fully saturated rings. The maximum Gasteiger partial charge on any atom is 0.183 e. The topological polar surface area (TPSA) is 74.6 Å². The molecule has 4 aliphatic rings. The summed E-state index contributed by atoms with van der Waals surface area (Å²) in [4.78, 5) is 25.1. The lowest BCUT2D eigenvalue weighted by molar-refractivity contribution is -0.115. The SMILES string of the molecule is O=C1C=CC(=O)C2=C1C1c3ccccc3C2c2c(O)ccc(O)c21. The fourth-order valence-corrected chi connectivity index (χ4v) is 4.36. The second-order valence-electron chi connectivity index (χ2n) is 6.32. The van der Waals surface area contributed by atoms with Crippen LogP contribution in [0.15, 0.2) is 59.7 Å². The van der Waals surface area contributed by atoms with E-state index in [2.05, 4.69) is 0 Å². The van der Waals surface area contributed by atoms with Gasteiger partial charge in [-0.15, -0.1) is 0 Å². The lowest BCUT2D eigenvalue weighted by atomic mass is 9.58. The van der Waals surface area contributed by atoms with Crippen molar-refractivity contribution in [1.82, 2.24) is 0 Å². The van der Waals surface area contributed by atoms with Gasteiger partial charge in [0.25, 0.3) is 0 Å². The van der Waals surface area contributed by atoms with Crippen molar-refractivity contribution in [3.05, 3.63) is 82.0 Å². The van der Waals surface area contributed by atoms with Crippen LogP contribution in [0.4, 0.5) is 0 Å². The molecular formula is C20H12O4. The molecule has 24 heavy (non-hydrogen) atoms. The van der Waals surface area contributed by atoms with E-state index >= 15 is 0 Å². The first-order valence-corrected chi connectivity index (χ1v) is 7.74. The maximum absolute atomic E-state index is 12.5. The number of benzene rings is 2. The zero-order valence-corrected chi connectivity index (χ0v) is 12.5. The molecule has 0 spiro atoms. The third-order valence-corrected chi connectivity index (χ3v) is 5.22. The van der Waals surface area contributed by atoms with Crippen LogP contribution in [0.5, 0.6) is 11.5 Å². The van der Waals surface area contributed by atoms with Crippen LogP contribution in [-0.4, -0.2) is 21.8 Å². The molecule has 4 heteroatoms. The van der Waals surface area contributed by atoms with Crippen molar-refractivity contribution in [1.29, 1.82) is 0 Å². The van der Waals surface area contributed by atoms with Crippen LogP contribution < -0.4 is 0 Å². The van der Waals surface area contributed by atoms with E-state index in [1.807, 2.05) is 24.3 Å². The zero-order valence-electron chi connectivity index (χ0n) is 12.5. The Bertz CT molecular complexity index is 946. The Labute approximate surface area is 137 Å². The van der Waals surface area contributed by atoms with Gasteiger partial charge in [0, 0.05) is 34.1 Å². The van der Waals surface area contributed by atoms with E-state index in [1.54, 1.807) is 0 Å². The Morgan fingerprint density at radius 2 is 1.08 bits per heavy atom. The molecule has 0 saturated carbocycles. The van der Waals surface area contributed by atoms with Crippen molar-refractivity contribution in [2.24, 2.45) is 0 Å². The summed E-state index contributed by atoms with van der Waals surface area (Å²) in [5.41, 5.74) is 3.75. The van der Waals surface area contributed by atoms with Crippen molar-refractivity contribution in [2.75, 3.05) is 0 Å². The Balaban J connectivity index is 1.95. The Morgan fingerprint density at radius 1 is 0.667 bits per heavy atom. The zero-order chi connectivity index (χ0) is 16.6. The molecular weight excluding hydrogens is 304 g/mol. The van der Waals surface area contributed by atoms with Gasteiger partial charge in [-0.3, -0.25) is 9.59 Å². The summed E-state index contributed by atoms with van der Waals surface area (Å²) < 4.78 is 0. The normalized spacial score (nSPS) is 23.2. The highest BCUT2D eigenvalue weighted by molar-refractivity contribution is 6.23. The van der Waals surface area contributed by atoms with E-state index in [9.17, 15) is 19.8 Å². The summed E-state index contributed by atoms with van der Waals surface area (Å²) in [7, 11) is 0. The van der Waals surface area contributed by atoms with E-state index in [1.165, 1.54) is 24.3 Å². The average molecular weight is 316 g/mol. The molecule has 4 nitrogen and oxygen atoms in total. The van der Waals surface area contributed by atoms with Gasteiger partial charge < -0.3 is 10.2 Å². The third-order valence-electron chi connectivity index (χ3n) is 5.22. The van der Waals surface area contributed by atoms with Crippen molar-refractivity contribution < 1.29 is 19.8 Å². The Morgan fingerprint density at radius 3 is 1.50 bits per heavy atom. The highest BCUT2D eigenvalue weighted by Gasteiger charge is 2.49. The summed E-state index contributed by atoms with van der Waals surface area (Å²) in [6.45, 7) is 0. The molecule has 0 aliphatic heterocycles. The summed E-state index contributed by atoms with van der Waals surface area (Å²) in [5.74, 6) is -1.39. The predicted octanol–water partition coefficient (Wildman–Crippen LogP) is 2.69. The van der Waals surface area contributed by atoms with Crippen molar-refractivity contribution >= 4 is 11.6 Å². The van der Waals surface area contributed by atoms with Gasteiger partial charge in [0.1, 0.15) is 11.5 Å². The quantitative estimate of drug-likeness (QED) is 0.579. The number of ketones is 2. The molecule has 116 valence electrons. The smallest absolute Gasteiger partial charge is 0.183 e. The molecule has 2 aromatic carbocycles. The minimum Gasteiger partial charge on any atom is -0.508 e. The number of carbonyl (C=O) groups is 2. The number of allylic oxidation sites excluding steroid dienone is 4. The summed E-state index contributed by atoms with van der Waals surface area (Å²) in [5, 5.41) is 20.8. The molecule has 0 aromatic heterocycles. The molecule has 2 aromatic rings. The van der Waals surface area contributed by atoms with E-state index in [0.717, 1.165) is 11.1 Å². The van der Waals surface area contributed by atoms with Crippen LogP contribution in [0, 0.1) is 0 Å². The van der Waals surface area contributed by atoms with Crippen LogP contribution in [-0.2, 0) is 9.59 Å². The van der Waals surface area contributed by atoms with E-state index in [-0.39, 0.29) is 23.1 Å². The van der Waals surface area contributed by atoms with Gasteiger partial charge in [-0.25, -0.2) is 0 Å². The molecule has 0 heterocycles. The number of carbonyl (C=O) groups excluding carboxylic acids is 2. The van der Waals surface area contributed by atoms with Gasteiger partial charge in [-0.1, -0.05) is 24.3 Å². The lowest BCUT2D eigenvalue weighted by Gasteiger charge is -2.43. The number of phenolic OH excluding ortho intramolecular Hbond substituents is 2. The third kappa shape index (κ3) is 1.39. The summed E-state index contributed by atoms with van der Waals surface area (Å²) >= 11 is 0. The monoisotopic (exact) mass is 316 g/mol. The van der Waals surface area contributed by atoms with Crippen LogP contribution >= 0.6 is 0 Å². The average Bonchev–Trinajstić information content (AvgIpc) is 2.60.